The maximum atomic E-state index is 10.8. The van der Waals surface area contributed by atoms with Gasteiger partial charge < -0.3 is 45.6 Å². The molecule has 10 heteroatoms. The number of phenolic OH excluding ortho intramolecular Hbond substituents is 1. The molecule has 1 aromatic carbocycles. The van der Waals surface area contributed by atoms with Gasteiger partial charge in [0, 0.05) is 11.6 Å². The van der Waals surface area contributed by atoms with Crippen LogP contribution in [0.5, 0.6) is 11.5 Å². The highest BCUT2D eigenvalue weighted by molar-refractivity contribution is 5.51. The predicted octanol–water partition coefficient (Wildman–Crippen LogP) is -1.40. The Balaban J connectivity index is 2.24. The summed E-state index contributed by atoms with van der Waals surface area (Å²) in [6.07, 6.45) is -1.25. The molecule has 1 aromatic rings. The molecule has 1 saturated heterocycles. The van der Waals surface area contributed by atoms with E-state index in [9.17, 15) is 40.9 Å². The smallest absolute Gasteiger partial charge is 0.291 e. The molecule has 0 radical (unpaired) electrons. The Labute approximate surface area is 161 Å². The van der Waals surface area contributed by atoms with Crippen LogP contribution in [-0.4, -0.2) is 70.8 Å². The standard InChI is InChI=1S/C18H27NO9/c1-8(2)4-11-13(20)7-12-9-5-15(28-3)14(21)6-10(9)16(22,23)18(26,27)19(12)17(11,24)25/h5-6,8,11-13,20-27H,4,7H2,1-3H3. The minimum absolute atomic E-state index is 0.0351. The maximum absolute atomic E-state index is 10.8. The van der Waals surface area contributed by atoms with Gasteiger partial charge in [-0.2, -0.15) is 4.90 Å². The molecular formula is C18H27NO9. The second-order valence-corrected chi connectivity index (χ2v) is 8.03. The fourth-order valence-corrected chi connectivity index (χ4v) is 4.37. The summed E-state index contributed by atoms with van der Waals surface area (Å²) in [5.41, 5.74) is -0.421. The van der Waals surface area contributed by atoms with Gasteiger partial charge in [-0.25, -0.2) is 0 Å². The minimum atomic E-state index is -3.54. The average molecular weight is 401 g/mol. The first-order valence-corrected chi connectivity index (χ1v) is 8.99. The maximum Gasteiger partial charge on any atom is 0.291 e. The van der Waals surface area contributed by atoms with Gasteiger partial charge in [0.05, 0.1) is 19.1 Å². The van der Waals surface area contributed by atoms with Crippen molar-refractivity contribution in [2.75, 3.05) is 7.11 Å². The zero-order chi connectivity index (χ0) is 21.2. The highest BCUT2D eigenvalue weighted by Gasteiger charge is 2.69. The van der Waals surface area contributed by atoms with Gasteiger partial charge in [-0.3, -0.25) is 0 Å². The van der Waals surface area contributed by atoms with Crippen molar-refractivity contribution in [2.45, 2.75) is 56.4 Å². The number of hydrogen-bond acceptors (Lipinski definition) is 10. The van der Waals surface area contributed by atoms with Crippen LogP contribution in [0.1, 0.15) is 43.9 Å². The van der Waals surface area contributed by atoms with Crippen LogP contribution in [0.25, 0.3) is 0 Å². The van der Waals surface area contributed by atoms with E-state index in [2.05, 4.69) is 0 Å². The van der Waals surface area contributed by atoms with Gasteiger partial charge in [-0.1, -0.05) is 13.8 Å². The number of fused-ring (bicyclic) bond motifs is 3. The van der Waals surface area contributed by atoms with E-state index in [4.69, 9.17) is 4.74 Å². The molecule has 0 aromatic heterocycles. The Morgan fingerprint density at radius 1 is 1.14 bits per heavy atom. The quantitative estimate of drug-likeness (QED) is 0.281. The number of rotatable bonds is 3. The highest BCUT2D eigenvalue weighted by atomic mass is 16.6. The van der Waals surface area contributed by atoms with Gasteiger partial charge in [0.2, 0.25) is 5.91 Å². The molecule has 3 unspecified atom stereocenters. The summed E-state index contributed by atoms with van der Waals surface area (Å²) in [6, 6.07) is 0.903. The normalized spacial score (nSPS) is 30.6. The van der Waals surface area contributed by atoms with E-state index in [-0.39, 0.29) is 30.1 Å². The third-order valence-corrected chi connectivity index (χ3v) is 5.71. The molecule has 3 atom stereocenters. The number of aliphatic hydroxyl groups excluding tert-OH is 1. The fraction of sp³-hybridized carbons (Fsp3) is 0.667. The van der Waals surface area contributed by atoms with Crippen LogP contribution < -0.4 is 4.74 Å². The zero-order valence-corrected chi connectivity index (χ0v) is 15.8. The molecule has 0 spiro atoms. The van der Waals surface area contributed by atoms with Crippen LogP contribution in [0, 0.1) is 11.8 Å². The predicted molar refractivity (Wildman–Crippen MR) is 93.3 cm³/mol. The van der Waals surface area contributed by atoms with E-state index >= 15 is 0 Å². The Kier molecular flexibility index (Phi) is 4.93. The van der Waals surface area contributed by atoms with Crippen molar-refractivity contribution in [3.05, 3.63) is 23.3 Å². The van der Waals surface area contributed by atoms with Crippen LogP contribution in [0.3, 0.4) is 0 Å². The molecule has 0 aliphatic carbocycles. The number of aliphatic hydroxyl groups is 7. The van der Waals surface area contributed by atoms with Crippen LogP contribution in [0.15, 0.2) is 12.1 Å². The largest absolute Gasteiger partial charge is 0.504 e. The van der Waals surface area contributed by atoms with Gasteiger partial charge in [0.15, 0.2) is 11.5 Å². The molecule has 2 aliphatic heterocycles. The fourth-order valence-electron chi connectivity index (χ4n) is 4.37. The monoisotopic (exact) mass is 401 g/mol. The summed E-state index contributed by atoms with van der Waals surface area (Å²) in [5.74, 6) is -11.7. The molecule has 8 N–H and O–H groups in total. The minimum Gasteiger partial charge on any atom is -0.504 e. The van der Waals surface area contributed by atoms with Gasteiger partial charge in [0.1, 0.15) is 0 Å². The Morgan fingerprint density at radius 2 is 1.75 bits per heavy atom. The molecule has 2 heterocycles. The molecule has 0 saturated carbocycles. The van der Waals surface area contributed by atoms with Crippen molar-refractivity contribution in [1.29, 1.82) is 0 Å². The molecule has 28 heavy (non-hydrogen) atoms. The number of piperidine rings is 1. The molecule has 0 bridgehead atoms. The summed E-state index contributed by atoms with van der Waals surface area (Å²) < 4.78 is 5.02. The SMILES string of the molecule is COc1cc2c(cc1O)C(O)(O)C(O)(O)N1C2CC(O)C(CC(C)C)C1(O)O. The van der Waals surface area contributed by atoms with E-state index in [1.165, 1.54) is 13.2 Å². The van der Waals surface area contributed by atoms with Crippen molar-refractivity contribution in [3.8, 4) is 11.5 Å². The van der Waals surface area contributed by atoms with E-state index in [1.54, 1.807) is 13.8 Å². The van der Waals surface area contributed by atoms with E-state index in [0.29, 0.717) is 4.90 Å². The Bertz CT molecular complexity index is 762. The first kappa shape index (κ1) is 21.2. The second kappa shape index (κ2) is 6.51. The molecular weight excluding hydrogens is 374 g/mol. The lowest BCUT2D eigenvalue weighted by molar-refractivity contribution is -0.504. The lowest BCUT2D eigenvalue weighted by atomic mass is 9.74. The third kappa shape index (κ3) is 2.80. The molecule has 3 rings (SSSR count). The topological polar surface area (TPSA) is 174 Å². The number of benzene rings is 1. The summed E-state index contributed by atoms with van der Waals surface area (Å²) >= 11 is 0. The average Bonchev–Trinajstić information content (AvgIpc) is 2.55. The molecule has 1 fully saturated rings. The van der Waals surface area contributed by atoms with Crippen molar-refractivity contribution >= 4 is 0 Å². The molecule has 158 valence electrons. The van der Waals surface area contributed by atoms with Crippen molar-refractivity contribution in [2.24, 2.45) is 11.8 Å². The number of hydrogen-bond donors (Lipinski definition) is 8. The number of ether oxygens (including phenoxy) is 1. The number of phenols is 1. The van der Waals surface area contributed by atoms with Gasteiger partial charge in [0.25, 0.3) is 11.7 Å². The summed E-state index contributed by atoms with van der Waals surface area (Å²) in [6.45, 7) is 3.59. The molecule has 0 amide bonds. The highest BCUT2D eigenvalue weighted by Crippen LogP contribution is 2.56. The van der Waals surface area contributed by atoms with E-state index in [1.807, 2.05) is 0 Å². The lowest BCUT2D eigenvalue weighted by Gasteiger charge is -2.60. The van der Waals surface area contributed by atoms with Gasteiger partial charge in [-0.15, -0.1) is 0 Å². The number of nitrogens with zero attached hydrogens (tertiary/aromatic N) is 1. The van der Waals surface area contributed by atoms with Crippen molar-refractivity contribution in [3.63, 3.8) is 0 Å². The summed E-state index contributed by atoms with van der Waals surface area (Å²) in [5, 5.41) is 84.5. The van der Waals surface area contributed by atoms with Crippen LogP contribution >= 0.6 is 0 Å². The van der Waals surface area contributed by atoms with Crippen LogP contribution in [0.4, 0.5) is 0 Å². The Morgan fingerprint density at radius 3 is 2.29 bits per heavy atom. The second-order valence-electron chi connectivity index (χ2n) is 8.03. The summed E-state index contributed by atoms with van der Waals surface area (Å²) in [7, 11) is 1.27. The van der Waals surface area contributed by atoms with Crippen LogP contribution in [0.2, 0.25) is 0 Å². The van der Waals surface area contributed by atoms with E-state index < -0.39 is 47.0 Å². The first-order chi connectivity index (χ1) is 12.8. The molecule has 10 nitrogen and oxygen atoms in total. The van der Waals surface area contributed by atoms with Gasteiger partial charge >= 0.3 is 0 Å². The third-order valence-electron chi connectivity index (χ3n) is 5.71. The molecule has 2 aliphatic rings. The number of aromatic hydroxyl groups is 1. The van der Waals surface area contributed by atoms with Crippen LogP contribution in [-0.2, 0) is 5.79 Å². The Hall–Kier alpha value is -1.50. The summed E-state index contributed by atoms with van der Waals surface area (Å²) in [4.78, 5) is 0.374. The van der Waals surface area contributed by atoms with Crippen molar-refractivity contribution < 1.29 is 45.6 Å². The first-order valence-electron chi connectivity index (χ1n) is 8.99. The van der Waals surface area contributed by atoms with Crippen molar-refractivity contribution in [1.82, 2.24) is 4.90 Å². The lowest BCUT2D eigenvalue weighted by Crippen LogP contribution is -2.77. The number of methoxy groups -OCH3 is 1. The van der Waals surface area contributed by atoms with Gasteiger partial charge in [-0.05, 0) is 36.5 Å². The zero-order valence-electron chi connectivity index (χ0n) is 15.8. The van der Waals surface area contributed by atoms with E-state index in [0.717, 1.165) is 6.07 Å².